The van der Waals surface area contributed by atoms with Crippen molar-refractivity contribution in [2.24, 2.45) is 11.8 Å². The maximum atomic E-state index is 5.74. The van der Waals surface area contributed by atoms with Crippen molar-refractivity contribution in [3.8, 4) is 5.75 Å². The van der Waals surface area contributed by atoms with E-state index in [1.165, 1.54) is 19.3 Å². The Kier molecular flexibility index (Phi) is 7.21. The Morgan fingerprint density at radius 2 is 2.00 bits per heavy atom. The van der Waals surface area contributed by atoms with Crippen molar-refractivity contribution in [3.63, 3.8) is 0 Å². The molecule has 1 aromatic rings. The summed E-state index contributed by atoms with van der Waals surface area (Å²) in [4.78, 5) is 0. The summed E-state index contributed by atoms with van der Waals surface area (Å²) in [7, 11) is 0. The summed E-state index contributed by atoms with van der Waals surface area (Å²) in [5.74, 6) is 2.59. The van der Waals surface area contributed by atoms with Crippen LogP contribution < -0.4 is 4.74 Å². The number of thiophene rings is 1. The third-order valence-corrected chi connectivity index (χ3v) is 4.56. The number of hydrogen-bond acceptors (Lipinski definition) is 2. The van der Waals surface area contributed by atoms with Gasteiger partial charge in [0, 0.05) is 0 Å². The van der Waals surface area contributed by atoms with Gasteiger partial charge in [0.2, 0.25) is 0 Å². The molecule has 0 aliphatic heterocycles. The van der Waals surface area contributed by atoms with E-state index in [0.717, 1.165) is 34.4 Å². The van der Waals surface area contributed by atoms with Gasteiger partial charge in [0.1, 0.15) is 9.54 Å². The molecule has 3 heteroatoms. The predicted octanol–water partition coefficient (Wildman–Crippen LogP) is 5.74. The first kappa shape index (κ1) is 15.0. The van der Waals surface area contributed by atoms with Crippen molar-refractivity contribution in [1.29, 1.82) is 0 Å². The fourth-order valence-corrected chi connectivity index (χ4v) is 2.90. The molecule has 1 heterocycles. The SMILES string of the molecule is CC(C)CCCC(C)CCOc1ccsc1Br. The second-order valence-corrected chi connectivity index (χ2v) is 7.36. The lowest BCUT2D eigenvalue weighted by Gasteiger charge is -2.12. The Morgan fingerprint density at radius 1 is 1.24 bits per heavy atom. The average molecular weight is 319 g/mol. The Morgan fingerprint density at radius 3 is 2.59 bits per heavy atom. The van der Waals surface area contributed by atoms with Gasteiger partial charge in [0.25, 0.3) is 0 Å². The Balaban J connectivity index is 2.08. The highest BCUT2D eigenvalue weighted by molar-refractivity contribution is 9.11. The molecule has 0 aliphatic rings. The van der Waals surface area contributed by atoms with Gasteiger partial charge in [-0.1, -0.05) is 40.0 Å². The lowest BCUT2D eigenvalue weighted by Crippen LogP contribution is -2.04. The molecule has 0 amide bonds. The van der Waals surface area contributed by atoms with E-state index in [4.69, 9.17) is 4.74 Å². The van der Waals surface area contributed by atoms with Crippen molar-refractivity contribution in [1.82, 2.24) is 0 Å². The van der Waals surface area contributed by atoms with Crippen LogP contribution in [-0.4, -0.2) is 6.61 Å². The molecule has 1 rings (SSSR count). The maximum Gasteiger partial charge on any atom is 0.144 e. The molecule has 1 aromatic heterocycles. The van der Waals surface area contributed by atoms with Gasteiger partial charge < -0.3 is 4.74 Å². The molecule has 1 nitrogen and oxygen atoms in total. The first-order chi connectivity index (χ1) is 8.09. The lowest BCUT2D eigenvalue weighted by atomic mass is 9.98. The van der Waals surface area contributed by atoms with Crippen molar-refractivity contribution < 1.29 is 4.74 Å². The van der Waals surface area contributed by atoms with Gasteiger partial charge in [-0.3, -0.25) is 0 Å². The summed E-state index contributed by atoms with van der Waals surface area (Å²) in [5.41, 5.74) is 0. The summed E-state index contributed by atoms with van der Waals surface area (Å²) in [5, 5.41) is 2.05. The van der Waals surface area contributed by atoms with Crippen molar-refractivity contribution >= 4 is 27.3 Å². The fourth-order valence-electron chi connectivity index (χ4n) is 1.77. The normalized spacial score (nSPS) is 13.0. The standard InChI is InChI=1S/C14H23BrOS/c1-11(2)5-4-6-12(3)7-9-16-13-8-10-17-14(13)15/h8,10-12H,4-7,9H2,1-3H3. The third kappa shape index (κ3) is 6.46. The van der Waals surface area contributed by atoms with Gasteiger partial charge in [0.05, 0.1) is 6.61 Å². The van der Waals surface area contributed by atoms with E-state index in [1.54, 1.807) is 11.3 Å². The van der Waals surface area contributed by atoms with Crippen LogP contribution in [0.4, 0.5) is 0 Å². The Hall–Kier alpha value is -0.0200. The molecule has 1 unspecified atom stereocenters. The van der Waals surface area contributed by atoms with Crippen molar-refractivity contribution in [2.45, 2.75) is 46.5 Å². The van der Waals surface area contributed by atoms with Crippen LogP contribution in [0.25, 0.3) is 0 Å². The smallest absolute Gasteiger partial charge is 0.144 e. The predicted molar refractivity (Wildman–Crippen MR) is 80.0 cm³/mol. The zero-order valence-electron chi connectivity index (χ0n) is 11.0. The summed E-state index contributed by atoms with van der Waals surface area (Å²) in [6.45, 7) is 7.74. The fraction of sp³-hybridized carbons (Fsp3) is 0.714. The molecule has 0 N–H and O–H groups in total. The Labute approximate surface area is 118 Å². The van der Waals surface area contributed by atoms with Crippen molar-refractivity contribution in [3.05, 3.63) is 15.2 Å². The topological polar surface area (TPSA) is 9.23 Å². The molecule has 0 aliphatic carbocycles. The largest absolute Gasteiger partial charge is 0.492 e. The average Bonchev–Trinajstić information content (AvgIpc) is 2.64. The number of ether oxygens (including phenoxy) is 1. The molecule has 0 bridgehead atoms. The summed E-state index contributed by atoms with van der Waals surface area (Å²) in [6.07, 6.45) is 5.18. The first-order valence-electron chi connectivity index (χ1n) is 6.45. The minimum Gasteiger partial charge on any atom is -0.492 e. The highest BCUT2D eigenvalue weighted by Gasteiger charge is 2.05. The molecular formula is C14H23BrOS. The molecule has 0 saturated carbocycles. The summed E-state index contributed by atoms with van der Waals surface area (Å²) < 4.78 is 6.84. The molecule has 0 spiro atoms. The molecule has 0 fully saturated rings. The van der Waals surface area contributed by atoms with Crippen LogP contribution in [0.1, 0.15) is 46.5 Å². The van der Waals surface area contributed by atoms with Gasteiger partial charge in [0.15, 0.2) is 0 Å². The highest BCUT2D eigenvalue weighted by atomic mass is 79.9. The van der Waals surface area contributed by atoms with Gasteiger partial charge in [-0.25, -0.2) is 0 Å². The molecular weight excluding hydrogens is 296 g/mol. The van der Waals surface area contributed by atoms with E-state index in [1.807, 2.05) is 11.4 Å². The second-order valence-electron chi connectivity index (χ2n) is 5.13. The van der Waals surface area contributed by atoms with E-state index < -0.39 is 0 Å². The second kappa shape index (κ2) is 8.15. The van der Waals surface area contributed by atoms with Crippen LogP contribution in [0.2, 0.25) is 0 Å². The highest BCUT2D eigenvalue weighted by Crippen LogP contribution is 2.30. The molecule has 0 radical (unpaired) electrons. The Bertz CT molecular complexity index is 309. The number of halogens is 1. The van der Waals surface area contributed by atoms with Gasteiger partial charge >= 0.3 is 0 Å². The number of hydrogen-bond donors (Lipinski definition) is 0. The van der Waals surface area contributed by atoms with Gasteiger partial charge in [-0.2, -0.15) is 0 Å². The third-order valence-electron chi connectivity index (χ3n) is 2.93. The maximum absolute atomic E-state index is 5.74. The van der Waals surface area contributed by atoms with Crippen LogP contribution in [0, 0.1) is 11.8 Å². The van der Waals surface area contributed by atoms with Crippen LogP contribution >= 0.6 is 27.3 Å². The molecule has 1 atom stereocenters. The van der Waals surface area contributed by atoms with Gasteiger partial charge in [-0.15, -0.1) is 11.3 Å². The van der Waals surface area contributed by atoms with E-state index in [0.29, 0.717) is 0 Å². The van der Waals surface area contributed by atoms with Crippen molar-refractivity contribution in [2.75, 3.05) is 6.61 Å². The first-order valence-corrected chi connectivity index (χ1v) is 8.12. The zero-order chi connectivity index (χ0) is 12.7. The number of rotatable bonds is 8. The molecule has 17 heavy (non-hydrogen) atoms. The van der Waals surface area contributed by atoms with Crippen LogP contribution in [0.3, 0.4) is 0 Å². The minimum absolute atomic E-state index is 0.770. The minimum atomic E-state index is 0.770. The van der Waals surface area contributed by atoms with Gasteiger partial charge in [-0.05, 0) is 45.6 Å². The lowest BCUT2D eigenvalue weighted by molar-refractivity contribution is 0.275. The van der Waals surface area contributed by atoms with E-state index >= 15 is 0 Å². The van der Waals surface area contributed by atoms with E-state index in [2.05, 4.69) is 36.7 Å². The summed E-state index contributed by atoms with van der Waals surface area (Å²) >= 11 is 5.16. The quantitative estimate of drug-likeness (QED) is 0.593. The molecule has 98 valence electrons. The molecule has 0 aromatic carbocycles. The zero-order valence-corrected chi connectivity index (χ0v) is 13.4. The van der Waals surface area contributed by atoms with E-state index in [9.17, 15) is 0 Å². The molecule has 0 saturated heterocycles. The van der Waals surface area contributed by atoms with Crippen LogP contribution in [0.5, 0.6) is 5.75 Å². The van der Waals surface area contributed by atoms with E-state index in [-0.39, 0.29) is 0 Å². The monoisotopic (exact) mass is 318 g/mol. The summed E-state index contributed by atoms with van der Waals surface area (Å²) in [6, 6.07) is 2.03. The van der Waals surface area contributed by atoms with Crippen LogP contribution in [-0.2, 0) is 0 Å². The van der Waals surface area contributed by atoms with Crippen LogP contribution in [0.15, 0.2) is 15.2 Å².